The van der Waals surface area contributed by atoms with Crippen LogP contribution in [-0.2, 0) is 21.1 Å². The average Bonchev–Trinajstić information content (AvgIpc) is 4.29. The largest absolute Gasteiger partial charge is 4.00 e. The fraction of sp³-hybridized carbons (Fsp3) is 0. The van der Waals surface area contributed by atoms with E-state index in [0.29, 0.717) is 11.5 Å². The summed E-state index contributed by atoms with van der Waals surface area (Å²) in [6.45, 7) is 0. The third-order valence-electron chi connectivity index (χ3n) is 15.7. The Morgan fingerprint density at radius 3 is 0.938 bits per heavy atom. The molecule has 6 heteroatoms. The molecule has 0 fully saturated rings. The van der Waals surface area contributed by atoms with E-state index in [1.807, 2.05) is 24.3 Å². The van der Waals surface area contributed by atoms with Crippen LogP contribution in [0.3, 0.4) is 0 Å². The van der Waals surface area contributed by atoms with E-state index in [9.17, 15) is 0 Å². The number of para-hydroxylation sites is 4. The van der Waals surface area contributed by atoms with E-state index in [1.165, 1.54) is 22.3 Å². The molecular formula is C74H44N4OPt+2. The van der Waals surface area contributed by atoms with E-state index >= 15 is 0 Å². The topological polar surface area (TPSA) is 26.8 Å². The molecule has 0 unspecified atom stereocenters. The smallest absolute Gasteiger partial charge is 0.510 e. The maximum Gasteiger partial charge on any atom is 4.00 e. The van der Waals surface area contributed by atoms with E-state index in [1.54, 1.807) is 0 Å². The Bertz CT molecular complexity index is 4460. The minimum absolute atomic E-state index is 0. The summed E-state index contributed by atoms with van der Waals surface area (Å²) in [6, 6.07) is 102. The summed E-state index contributed by atoms with van der Waals surface area (Å²) in [5, 5.41) is 0. The van der Waals surface area contributed by atoms with Crippen molar-refractivity contribution >= 4 is 22.1 Å². The molecule has 12 aromatic carbocycles. The van der Waals surface area contributed by atoms with Crippen molar-refractivity contribution in [2.75, 3.05) is 0 Å². The van der Waals surface area contributed by atoms with Crippen LogP contribution in [0.2, 0.25) is 0 Å². The first kappa shape index (κ1) is 47.3. The zero-order chi connectivity index (χ0) is 52.0. The molecule has 2 aliphatic rings. The van der Waals surface area contributed by atoms with Crippen molar-refractivity contribution in [2.45, 2.75) is 0 Å². The van der Waals surface area contributed by atoms with Crippen LogP contribution in [0.15, 0.2) is 267 Å². The first-order chi connectivity index (χ1) is 39.2. The first-order valence-electron chi connectivity index (χ1n) is 26.7. The van der Waals surface area contributed by atoms with Gasteiger partial charge in [0.2, 0.25) is 0 Å². The molecule has 0 aliphatic carbocycles. The summed E-state index contributed by atoms with van der Waals surface area (Å²) in [5.41, 5.74) is 26.0. The summed E-state index contributed by atoms with van der Waals surface area (Å²) in [6.07, 6.45) is 7.80. The SMILES string of the molecule is [Pt+4].[c-]1c(Oc2[c-]c(-n3[c-][n+]4c5c(cccc53)-c3ccccc3-c3ccccc3-c3cccc(-c5ccccc5)c3-4)ccc2)cccc1-n1[c-][n+]2c3c(cccc31)-c1ccccc1-c1ccccc1-c1cccc(-c3ccccc3)c1-2. The molecule has 0 atom stereocenters. The third kappa shape index (κ3) is 7.50. The Morgan fingerprint density at radius 1 is 0.263 bits per heavy atom. The number of hydrogen-bond acceptors (Lipinski definition) is 1. The number of imidazole rings is 2. The second kappa shape index (κ2) is 19.2. The predicted molar refractivity (Wildman–Crippen MR) is 316 cm³/mol. The monoisotopic (exact) mass is 1200 g/mol. The number of ether oxygens (including phenoxy) is 1. The van der Waals surface area contributed by atoms with Gasteiger partial charge in [0.25, 0.3) is 12.7 Å². The van der Waals surface area contributed by atoms with Gasteiger partial charge in [-0.3, -0.25) is 9.13 Å². The van der Waals surface area contributed by atoms with Gasteiger partial charge in [-0.2, -0.15) is 24.3 Å². The van der Waals surface area contributed by atoms with Crippen LogP contribution in [0.5, 0.6) is 11.5 Å². The van der Waals surface area contributed by atoms with Crippen molar-refractivity contribution in [3.8, 4) is 123 Å². The minimum atomic E-state index is 0. The Balaban J connectivity index is 0.00000552. The average molecular weight is 1200 g/mol. The zero-order valence-electron chi connectivity index (χ0n) is 42.9. The molecule has 2 aliphatic heterocycles. The van der Waals surface area contributed by atoms with Crippen LogP contribution in [0, 0.1) is 24.8 Å². The fourth-order valence-electron chi connectivity index (χ4n) is 12.3. The molecular weight excluding hydrogens is 1160 g/mol. The molecule has 80 heavy (non-hydrogen) atoms. The van der Waals surface area contributed by atoms with E-state index < -0.39 is 0 Å². The van der Waals surface area contributed by atoms with Crippen molar-refractivity contribution in [3.05, 3.63) is 292 Å². The Kier molecular flexibility index (Phi) is 11.4. The van der Waals surface area contributed by atoms with Gasteiger partial charge in [-0.25, -0.2) is 0 Å². The second-order valence-corrected chi connectivity index (χ2v) is 20.1. The van der Waals surface area contributed by atoms with Gasteiger partial charge in [0.05, 0.1) is 33.4 Å². The van der Waals surface area contributed by atoms with Crippen molar-refractivity contribution in [1.82, 2.24) is 9.13 Å². The van der Waals surface area contributed by atoms with E-state index in [2.05, 4.69) is 286 Å². The second-order valence-electron chi connectivity index (χ2n) is 20.1. The van der Waals surface area contributed by atoms with Gasteiger partial charge in [-0.05, 0) is 100 Å². The van der Waals surface area contributed by atoms with Gasteiger partial charge in [-0.15, -0.1) is 24.3 Å². The number of rotatable bonds is 6. The molecule has 374 valence electrons. The van der Waals surface area contributed by atoms with Crippen LogP contribution in [-0.4, -0.2) is 9.13 Å². The Morgan fingerprint density at radius 2 is 0.550 bits per heavy atom. The summed E-state index contributed by atoms with van der Waals surface area (Å²) in [5.74, 6) is 1.10. The molecule has 5 nitrogen and oxygen atoms in total. The summed E-state index contributed by atoms with van der Waals surface area (Å²) in [7, 11) is 0. The molecule has 0 N–H and O–H groups in total. The molecule has 2 aromatic heterocycles. The Hall–Kier alpha value is -9.93. The van der Waals surface area contributed by atoms with Crippen molar-refractivity contribution < 1.29 is 34.9 Å². The summed E-state index contributed by atoms with van der Waals surface area (Å²) >= 11 is 0. The quantitative estimate of drug-likeness (QED) is 0.120. The van der Waals surface area contributed by atoms with Gasteiger partial charge < -0.3 is 13.9 Å². The maximum absolute atomic E-state index is 6.84. The van der Waals surface area contributed by atoms with Gasteiger partial charge in [0.15, 0.2) is 0 Å². The van der Waals surface area contributed by atoms with Crippen molar-refractivity contribution in [3.63, 3.8) is 0 Å². The van der Waals surface area contributed by atoms with Gasteiger partial charge in [0.1, 0.15) is 0 Å². The van der Waals surface area contributed by atoms with Gasteiger partial charge in [-0.1, -0.05) is 231 Å². The maximum atomic E-state index is 6.84. The van der Waals surface area contributed by atoms with Crippen LogP contribution in [0.4, 0.5) is 0 Å². The summed E-state index contributed by atoms with van der Waals surface area (Å²) in [4.78, 5) is 0. The number of aromatic nitrogens is 4. The number of hydrogen-bond donors (Lipinski definition) is 0. The first-order valence-corrected chi connectivity index (χ1v) is 26.7. The molecule has 14 aromatic rings. The fourth-order valence-corrected chi connectivity index (χ4v) is 12.3. The van der Waals surface area contributed by atoms with E-state index in [0.717, 1.165) is 112 Å². The van der Waals surface area contributed by atoms with Gasteiger partial charge in [0, 0.05) is 11.5 Å². The number of fused-ring (bicyclic) bond motifs is 14. The van der Waals surface area contributed by atoms with Gasteiger partial charge >= 0.3 is 21.1 Å². The van der Waals surface area contributed by atoms with Crippen LogP contribution in [0.1, 0.15) is 0 Å². The standard InChI is InChI=1S/C74H44N4O.Pt/c1-3-21-49(22-4-1)55-37-17-39-65-61-33-11-7-29-57(61)59-31-9-13-35-63(59)67-41-19-43-69-73(67)77(71(55)65)47-75(69)51-25-15-27-53(45-51)79-54-28-16-26-52(46-54)76-48-78-72-56(50-23-5-2-6-24-50)38-18-40-66(72)62-34-12-8-30-58(62)60-32-10-14-36-64(60)68-42-20-44-70(76)74(68)78;/h1-44H;/q-2;+4. The number of nitrogens with zero attached hydrogens (tertiary/aromatic N) is 4. The molecule has 4 heterocycles. The predicted octanol–water partition coefficient (Wildman–Crippen LogP) is 17.1. The molecule has 0 radical (unpaired) electrons. The van der Waals surface area contributed by atoms with Crippen LogP contribution < -0.4 is 13.9 Å². The minimum Gasteiger partial charge on any atom is -0.510 e. The molecule has 0 amide bonds. The van der Waals surface area contributed by atoms with E-state index in [-0.39, 0.29) is 21.1 Å². The molecule has 0 bridgehead atoms. The zero-order valence-corrected chi connectivity index (χ0v) is 45.2. The Labute approximate surface area is 478 Å². The van der Waals surface area contributed by atoms with Crippen LogP contribution in [0.25, 0.3) is 134 Å². The van der Waals surface area contributed by atoms with Crippen molar-refractivity contribution in [2.24, 2.45) is 0 Å². The molecule has 16 rings (SSSR count). The third-order valence-corrected chi connectivity index (χ3v) is 15.7. The molecule has 0 saturated heterocycles. The molecule has 0 spiro atoms. The van der Waals surface area contributed by atoms with Crippen LogP contribution >= 0.6 is 0 Å². The summed E-state index contributed by atoms with van der Waals surface area (Å²) < 4.78 is 15.6. The van der Waals surface area contributed by atoms with Crippen molar-refractivity contribution in [1.29, 1.82) is 0 Å². The van der Waals surface area contributed by atoms with E-state index in [4.69, 9.17) is 4.74 Å². The molecule has 0 saturated carbocycles. The normalized spacial score (nSPS) is 11.7. The number of benzene rings is 12.